The second-order valence-electron chi connectivity index (χ2n) is 13.5. The Hall–Kier alpha value is -4.29. The summed E-state index contributed by atoms with van der Waals surface area (Å²) in [5, 5.41) is 9.93. The number of imide groups is 1. The number of nitrogens with one attached hydrogen (secondary N) is 2. The Morgan fingerprint density at radius 2 is 1.71 bits per heavy atom. The Kier molecular flexibility index (Phi) is 8.95. The summed E-state index contributed by atoms with van der Waals surface area (Å²) in [6, 6.07) is 14.6. The lowest BCUT2D eigenvalue weighted by atomic mass is 9.87. The molecule has 48 heavy (non-hydrogen) atoms. The zero-order valence-electron chi connectivity index (χ0n) is 27.2. The van der Waals surface area contributed by atoms with Crippen molar-refractivity contribution in [2.24, 2.45) is 7.05 Å². The molecule has 1 aromatic heterocycles. The van der Waals surface area contributed by atoms with Crippen molar-refractivity contribution in [3.63, 3.8) is 0 Å². The first-order valence-electron chi connectivity index (χ1n) is 16.6. The highest BCUT2D eigenvalue weighted by molar-refractivity contribution is 9.10. The maximum atomic E-state index is 13.1. The highest BCUT2D eigenvalue weighted by atomic mass is 79.9. The minimum absolute atomic E-state index is 0.123. The van der Waals surface area contributed by atoms with Gasteiger partial charge in [-0.1, -0.05) is 36.4 Å². The Morgan fingerprint density at radius 3 is 2.46 bits per heavy atom. The van der Waals surface area contributed by atoms with Gasteiger partial charge in [-0.2, -0.15) is 5.10 Å². The number of allylic oxidation sites excluding steroid dienone is 1. The number of likely N-dealkylation sites (tertiary alicyclic amines) is 1. The normalized spacial score (nSPS) is 22.1. The molecule has 0 bridgehead atoms. The Morgan fingerprint density at radius 1 is 0.958 bits per heavy atom. The van der Waals surface area contributed by atoms with Crippen LogP contribution in [0.25, 0.3) is 0 Å². The van der Waals surface area contributed by atoms with E-state index in [0.29, 0.717) is 40.5 Å². The molecule has 7 rings (SSSR count). The van der Waals surface area contributed by atoms with Crippen molar-refractivity contribution >= 4 is 39.3 Å². The molecule has 2 saturated heterocycles. The van der Waals surface area contributed by atoms with Crippen LogP contribution < -0.4 is 16.2 Å². The average Bonchev–Trinajstić information content (AvgIpc) is 3.40. The van der Waals surface area contributed by atoms with E-state index in [9.17, 15) is 19.2 Å². The lowest BCUT2D eigenvalue weighted by molar-refractivity contribution is -0.136. The molecule has 2 N–H and O–H groups in total. The zero-order valence-corrected chi connectivity index (χ0v) is 28.8. The number of aryl methyl sites for hydroxylation is 1. The quantitative estimate of drug-likeness (QED) is 0.352. The molecule has 4 aliphatic heterocycles. The summed E-state index contributed by atoms with van der Waals surface area (Å²) in [5.41, 5.74) is 7.03. The van der Waals surface area contributed by atoms with Crippen LogP contribution in [0.1, 0.15) is 76.6 Å². The van der Waals surface area contributed by atoms with E-state index in [1.165, 1.54) is 21.4 Å². The molecule has 5 heterocycles. The molecule has 11 nitrogen and oxygen atoms in total. The van der Waals surface area contributed by atoms with E-state index in [0.717, 1.165) is 56.7 Å². The fourth-order valence-electron chi connectivity index (χ4n) is 7.55. The molecule has 4 aliphatic rings. The third-order valence-electron chi connectivity index (χ3n) is 10.2. The van der Waals surface area contributed by atoms with Crippen LogP contribution in [-0.4, -0.2) is 74.9 Å². The predicted molar refractivity (Wildman–Crippen MR) is 185 cm³/mol. The molecule has 3 amide bonds. The molecule has 2 aromatic carbocycles. The topological polar surface area (TPSA) is 120 Å². The number of hydrogen-bond acceptors (Lipinski definition) is 8. The number of carbonyl (C=O) groups excluding carboxylic acids is 3. The average molecular weight is 715 g/mol. The number of likely N-dealkylation sites (N-methyl/N-ethyl adjacent to an activating group) is 1. The minimum atomic E-state index is -0.586. The Labute approximate surface area is 288 Å². The van der Waals surface area contributed by atoms with Crippen LogP contribution in [0.2, 0.25) is 0 Å². The van der Waals surface area contributed by atoms with E-state index in [4.69, 9.17) is 0 Å². The fraction of sp³-hybridized carbons (Fsp3) is 0.417. The minimum Gasteiger partial charge on any atom is -0.378 e. The first-order chi connectivity index (χ1) is 23.1. The van der Waals surface area contributed by atoms with E-state index < -0.39 is 6.04 Å². The van der Waals surface area contributed by atoms with Crippen molar-refractivity contribution < 1.29 is 14.4 Å². The number of aromatic nitrogens is 2. The van der Waals surface area contributed by atoms with Gasteiger partial charge in [0.1, 0.15) is 10.5 Å². The van der Waals surface area contributed by atoms with Gasteiger partial charge in [0.05, 0.1) is 11.9 Å². The standard InChI is InChI=1S/C36H40BrN7O4/c1-41-19-26(16-28(21-41)39-30-17-38-42(2)36(48)33(30)37)23-5-3-22(4-6-23)18-43-13-11-24(12-14-43)25-7-8-29-27(15-25)20-44(35(29)47)31-9-10-32(45)40-34(31)46/h3-8,15,17,21,24,26,31,39H,9-14,16,18-20H2,1-2H3,(H,40,45,46). The molecular formula is C36H40BrN7O4. The SMILES string of the molecule is CN1C=C(Nc2cnn(C)c(=O)c2Br)CC(c2ccc(CN3CCC(c4ccc5c(c4)CN(C4CCC(=O)NC4=O)C5=O)CC3)cc2)C1. The third-order valence-corrected chi connectivity index (χ3v) is 11.0. The Balaban J connectivity index is 0.925. The number of benzene rings is 2. The van der Waals surface area contributed by atoms with Gasteiger partial charge in [-0.25, -0.2) is 4.68 Å². The maximum Gasteiger partial charge on any atom is 0.282 e. The number of halogens is 1. The van der Waals surface area contributed by atoms with Crippen molar-refractivity contribution in [1.82, 2.24) is 29.8 Å². The largest absolute Gasteiger partial charge is 0.378 e. The summed E-state index contributed by atoms with van der Waals surface area (Å²) in [4.78, 5) is 55.7. The number of carbonyl (C=O) groups is 3. The number of rotatable bonds is 7. The van der Waals surface area contributed by atoms with E-state index in [2.05, 4.69) is 91.1 Å². The van der Waals surface area contributed by atoms with Gasteiger partial charge in [-0.3, -0.25) is 29.4 Å². The smallest absolute Gasteiger partial charge is 0.282 e. The van der Waals surface area contributed by atoms with Gasteiger partial charge in [0, 0.05) is 63.5 Å². The van der Waals surface area contributed by atoms with Crippen LogP contribution in [0.15, 0.2) is 69.8 Å². The number of fused-ring (bicyclic) bond motifs is 1. The molecule has 3 aromatic rings. The van der Waals surface area contributed by atoms with Gasteiger partial charge in [0.25, 0.3) is 11.5 Å². The highest BCUT2D eigenvalue weighted by Crippen LogP contribution is 2.35. The van der Waals surface area contributed by atoms with Crippen molar-refractivity contribution in [1.29, 1.82) is 0 Å². The van der Waals surface area contributed by atoms with Gasteiger partial charge in [-0.15, -0.1) is 0 Å². The van der Waals surface area contributed by atoms with Gasteiger partial charge >= 0.3 is 0 Å². The number of hydrogen-bond donors (Lipinski definition) is 2. The maximum absolute atomic E-state index is 13.1. The molecule has 0 spiro atoms. The summed E-state index contributed by atoms with van der Waals surface area (Å²) in [7, 11) is 3.70. The molecule has 0 saturated carbocycles. The fourth-order valence-corrected chi connectivity index (χ4v) is 8.01. The van der Waals surface area contributed by atoms with Crippen LogP contribution >= 0.6 is 15.9 Å². The molecule has 2 unspecified atom stereocenters. The summed E-state index contributed by atoms with van der Waals surface area (Å²) in [6.07, 6.45) is 7.34. The highest BCUT2D eigenvalue weighted by Gasteiger charge is 2.39. The van der Waals surface area contributed by atoms with Crippen LogP contribution in [0.5, 0.6) is 0 Å². The lowest BCUT2D eigenvalue weighted by Crippen LogP contribution is -2.52. The van der Waals surface area contributed by atoms with Gasteiger partial charge < -0.3 is 15.1 Å². The first kappa shape index (κ1) is 32.3. The third kappa shape index (κ3) is 6.55. The second-order valence-corrected chi connectivity index (χ2v) is 14.3. The molecule has 0 aliphatic carbocycles. The molecule has 2 fully saturated rings. The predicted octanol–water partition coefficient (Wildman–Crippen LogP) is 4.06. The number of piperidine rings is 2. The monoisotopic (exact) mass is 713 g/mol. The number of amides is 3. The van der Waals surface area contributed by atoms with E-state index >= 15 is 0 Å². The van der Waals surface area contributed by atoms with Crippen LogP contribution in [-0.2, 0) is 29.7 Å². The molecule has 2 atom stereocenters. The van der Waals surface area contributed by atoms with Crippen LogP contribution in [0.4, 0.5) is 5.69 Å². The summed E-state index contributed by atoms with van der Waals surface area (Å²) < 4.78 is 1.78. The van der Waals surface area contributed by atoms with Gasteiger partial charge in [-0.05, 0) is 88.9 Å². The second kappa shape index (κ2) is 13.3. The van der Waals surface area contributed by atoms with Crippen molar-refractivity contribution in [2.45, 2.75) is 63.1 Å². The van der Waals surface area contributed by atoms with E-state index in [1.807, 2.05) is 6.07 Å². The van der Waals surface area contributed by atoms with E-state index in [1.54, 1.807) is 18.1 Å². The first-order valence-corrected chi connectivity index (χ1v) is 17.4. The summed E-state index contributed by atoms with van der Waals surface area (Å²) >= 11 is 3.41. The lowest BCUT2D eigenvalue weighted by Gasteiger charge is -2.33. The van der Waals surface area contributed by atoms with Crippen molar-refractivity contribution in [3.8, 4) is 0 Å². The molecule has 12 heteroatoms. The summed E-state index contributed by atoms with van der Waals surface area (Å²) in [5.74, 6) is -0.0133. The van der Waals surface area contributed by atoms with Crippen LogP contribution in [0.3, 0.4) is 0 Å². The zero-order chi connectivity index (χ0) is 33.5. The number of anilines is 1. The van der Waals surface area contributed by atoms with Crippen LogP contribution in [0, 0.1) is 0 Å². The van der Waals surface area contributed by atoms with Gasteiger partial charge in [0.15, 0.2) is 0 Å². The Bertz CT molecular complexity index is 1850. The van der Waals surface area contributed by atoms with Crippen molar-refractivity contribution in [2.75, 3.05) is 32.0 Å². The van der Waals surface area contributed by atoms with E-state index in [-0.39, 0.29) is 29.7 Å². The van der Waals surface area contributed by atoms with Gasteiger partial charge in [0.2, 0.25) is 11.8 Å². The molecule has 250 valence electrons. The molecular weight excluding hydrogens is 674 g/mol. The molecule has 0 radical (unpaired) electrons. The number of nitrogens with zero attached hydrogens (tertiary/aromatic N) is 5. The van der Waals surface area contributed by atoms with Crippen molar-refractivity contribution in [3.05, 3.63) is 103 Å². The summed E-state index contributed by atoms with van der Waals surface area (Å²) in [6.45, 7) is 4.25.